The van der Waals surface area contributed by atoms with Crippen molar-refractivity contribution in [2.75, 3.05) is 19.7 Å². The zero-order valence-electron chi connectivity index (χ0n) is 12.8. The zero-order valence-corrected chi connectivity index (χ0v) is 15.0. The molecular formula is C17H26INO. The van der Waals surface area contributed by atoms with Gasteiger partial charge in [-0.15, -0.1) is 0 Å². The molecular weight excluding hydrogens is 361 g/mol. The maximum atomic E-state index is 6.02. The van der Waals surface area contributed by atoms with Crippen LogP contribution in [-0.4, -0.2) is 30.6 Å². The van der Waals surface area contributed by atoms with Crippen LogP contribution >= 0.6 is 22.6 Å². The molecule has 0 N–H and O–H groups in total. The second kappa shape index (κ2) is 7.64. The fraction of sp³-hybridized carbons (Fsp3) is 0.647. The van der Waals surface area contributed by atoms with Crippen LogP contribution in [0.15, 0.2) is 24.3 Å². The summed E-state index contributed by atoms with van der Waals surface area (Å²) >= 11 is 2.32. The predicted molar refractivity (Wildman–Crippen MR) is 93.3 cm³/mol. The Morgan fingerprint density at radius 1 is 1.20 bits per heavy atom. The standard InChI is InChI=1S/C17H26INO/c1-13(2)17(19-10-8-14(3)9-11-19)12-20-16-6-4-15(18)5-7-16/h4-7,13-14,17H,8-12H2,1-3H3/t17-/m0/s1. The monoisotopic (exact) mass is 387 g/mol. The molecule has 1 aromatic rings. The Labute approximate surface area is 137 Å². The summed E-state index contributed by atoms with van der Waals surface area (Å²) in [6.07, 6.45) is 2.65. The average molecular weight is 387 g/mol. The number of benzene rings is 1. The molecule has 1 aliphatic heterocycles. The first-order chi connectivity index (χ1) is 9.56. The van der Waals surface area contributed by atoms with Gasteiger partial charge in [-0.25, -0.2) is 0 Å². The van der Waals surface area contributed by atoms with E-state index in [-0.39, 0.29) is 0 Å². The lowest BCUT2D eigenvalue weighted by molar-refractivity contribution is 0.0712. The van der Waals surface area contributed by atoms with E-state index in [1.165, 1.54) is 29.5 Å². The third kappa shape index (κ3) is 4.62. The summed E-state index contributed by atoms with van der Waals surface area (Å²) in [5, 5.41) is 0. The summed E-state index contributed by atoms with van der Waals surface area (Å²) in [4.78, 5) is 2.62. The molecule has 1 aromatic carbocycles. The van der Waals surface area contributed by atoms with Crippen LogP contribution in [0.1, 0.15) is 33.6 Å². The first-order valence-electron chi connectivity index (χ1n) is 7.68. The van der Waals surface area contributed by atoms with E-state index in [9.17, 15) is 0 Å². The maximum absolute atomic E-state index is 6.02. The van der Waals surface area contributed by atoms with Crippen LogP contribution < -0.4 is 4.74 Å². The van der Waals surface area contributed by atoms with Crippen LogP contribution in [0, 0.1) is 15.4 Å². The van der Waals surface area contributed by atoms with Gasteiger partial charge in [0.05, 0.1) is 0 Å². The van der Waals surface area contributed by atoms with Gasteiger partial charge in [-0.3, -0.25) is 4.90 Å². The predicted octanol–water partition coefficient (Wildman–Crippen LogP) is 4.43. The summed E-state index contributed by atoms with van der Waals surface area (Å²) in [6.45, 7) is 10.2. The summed E-state index contributed by atoms with van der Waals surface area (Å²) in [5.41, 5.74) is 0. The van der Waals surface area contributed by atoms with E-state index >= 15 is 0 Å². The lowest BCUT2D eigenvalue weighted by Crippen LogP contribution is -2.46. The Morgan fingerprint density at radius 2 is 1.80 bits per heavy atom. The van der Waals surface area contributed by atoms with Crippen molar-refractivity contribution in [2.24, 2.45) is 11.8 Å². The summed E-state index contributed by atoms with van der Waals surface area (Å²) < 4.78 is 7.27. The van der Waals surface area contributed by atoms with Crippen LogP contribution in [0.3, 0.4) is 0 Å². The van der Waals surface area contributed by atoms with Crippen molar-refractivity contribution in [2.45, 2.75) is 39.7 Å². The lowest BCUT2D eigenvalue weighted by Gasteiger charge is -2.38. The summed E-state index contributed by atoms with van der Waals surface area (Å²) in [5.74, 6) is 2.50. The van der Waals surface area contributed by atoms with Gasteiger partial charge >= 0.3 is 0 Å². The molecule has 1 atom stereocenters. The van der Waals surface area contributed by atoms with Gasteiger partial charge in [0.2, 0.25) is 0 Å². The molecule has 0 saturated carbocycles. The number of hydrogen-bond acceptors (Lipinski definition) is 2. The lowest BCUT2D eigenvalue weighted by atomic mass is 9.95. The maximum Gasteiger partial charge on any atom is 0.119 e. The molecule has 3 heteroatoms. The minimum atomic E-state index is 0.529. The fourth-order valence-corrected chi connectivity index (χ4v) is 3.15. The number of ether oxygens (including phenoxy) is 1. The molecule has 0 spiro atoms. The molecule has 0 bridgehead atoms. The molecule has 2 rings (SSSR count). The van der Waals surface area contributed by atoms with Crippen molar-refractivity contribution >= 4 is 22.6 Å². The van der Waals surface area contributed by atoms with Crippen molar-refractivity contribution in [3.05, 3.63) is 27.8 Å². The van der Waals surface area contributed by atoms with Gasteiger partial charge in [0.1, 0.15) is 12.4 Å². The molecule has 1 heterocycles. The van der Waals surface area contributed by atoms with Crippen molar-refractivity contribution < 1.29 is 4.74 Å². The van der Waals surface area contributed by atoms with Gasteiger partial charge in [0.15, 0.2) is 0 Å². The SMILES string of the molecule is CC1CCN([C@@H](COc2ccc(I)cc2)C(C)C)CC1. The van der Waals surface area contributed by atoms with Crippen LogP contribution in [0.2, 0.25) is 0 Å². The fourth-order valence-electron chi connectivity index (χ4n) is 2.79. The van der Waals surface area contributed by atoms with E-state index in [2.05, 4.69) is 72.5 Å². The molecule has 1 fully saturated rings. The van der Waals surface area contributed by atoms with E-state index < -0.39 is 0 Å². The van der Waals surface area contributed by atoms with Crippen molar-refractivity contribution in [3.63, 3.8) is 0 Å². The molecule has 2 nitrogen and oxygen atoms in total. The Hall–Kier alpha value is -0.290. The van der Waals surface area contributed by atoms with E-state index in [0.29, 0.717) is 12.0 Å². The highest BCUT2D eigenvalue weighted by atomic mass is 127. The molecule has 0 aromatic heterocycles. The first kappa shape index (κ1) is 16.1. The van der Waals surface area contributed by atoms with Gasteiger partial charge < -0.3 is 4.74 Å². The molecule has 20 heavy (non-hydrogen) atoms. The number of rotatable bonds is 5. The van der Waals surface area contributed by atoms with Gasteiger partial charge in [0.25, 0.3) is 0 Å². The van der Waals surface area contributed by atoms with Crippen LogP contribution in [0.5, 0.6) is 5.75 Å². The van der Waals surface area contributed by atoms with Crippen molar-refractivity contribution in [1.82, 2.24) is 4.90 Å². The number of halogens is 1. The minimum Gasteiger partial charge on any atom is -0.492 e. The van der Waals surface area contributed by atoms with E-state index in [4.69, 9.17) is 4.74 Å². The van der Waals surface area contributed by atoms with Gasteiger partial charge in [0, 0.05) is 9.61 Å². The molecule has 0 radical (unpaired) electrons. The molecule has 1 saturated heterocycles. The van der Waals surface area contributed by atoms with Crippen LogP contribution in [-0.2, 0) is 0 Å². The van der Waals surface area contributed by atoms with E-state index in [1.54, 1.807) is 0 Å². The number of nitrogens with zero attached hydrogens (tertiary/aromatic N) is 1. The van der Waals surface area contributed by atoms with Crippen LogP contribution in [0.4, 0.5) is 0 Å². The Kier molecular flexibility index (Phi) is 6.15. The summed E-state index contributed by atoms with van der Waals surface area (Å²) in [7, 11) is 0. The summed E-state index contributed by atoms with van der Waals surface area (Å²) in [6, 6.07) is 8.86. The number of likely N-dealkylation sites (tertiary alicyclic amines) is 1. The third-order valence-electron chi connectivity index (χ3n) is 4.29. The second-order valence-corrected chi connectivity index (χ2v) is 7.54. The average Bonchev–Trinajstić information content (AvgIpc) is 2.43. The number of hydrogen-bond donors (Lipinski definition) is 0. The third-order valence-corrected chi connectivity index (χ3v) is 5.01. The minimum absolute atomic E-state index is 0.529. The van der Waals surface area contributed by atoms with Crippen LogP contribution in [0.25, 0.3) is 0 Å². The first-order valence-corrected chi connectivity index (χ1v) is 8.76. The molecule has 0 amide bonds. The molecule has 112 valence electrons. The van der Waals surface area contributed by atoms with E-state index in [0.717, 1.165) is 18.3 Å². The zero-order chi connectivity index (χ0) is 14.5. The highest BCUT2D eigenvalue weighted by molar-refractivity contribution is 14.1. The topological polar surface area (TPSA) is 12.5 Å². The van der Waals surface area contributed by atoms with Crippen molar-refractivity contribution in [1.29, 1.82) is 0 Å². The van der Waals surface area contributed by atoms with Gasteiger partial charge in [-0.05, 0) is 84.6 Å². The normalized spacial score (nSPS) is 19.2. The quantitative estimate of drug-likeness (QED) is 0.694. The Morgan fingerprint density at radius 3 is 2.35 bits per heavy atom. The highest BCUT2D eigenvalue weighted by Crippen LogP contribution is 2.22. The largest absolute Gasteiger partial charge is 0.492 e. The van der Waals surface area contributed by atoms with E-state index in [1.807, 2.05) is 0 Å². The number of piperidine rings is 1. The smallest absolute Gasteiger partial charge is 0.119 e. The Balaban J connectivity index is 1.90. The van der Waals surface area contributed by atoms with Gasteiger partial charge in [-0.1, -0.05) is 20.8 Å². The molecule has 0 unspecified atom stereocenters. The van der Waals surface area contributed by atoms with Crippen molar-refractivity contribution in [3.8, 4) is 5.75 Å². The molecule has 0 aliphatic carbocycles. The Bertz CT molecular complexity index is 396. The molecule has 1 aliphatic rings. The highest BCUT2D eigenvalue weighted by Gasteiger charge is 2.26. The van der Waals surface area contributed by atoms with Gasteiger partial charge in [-0.2, -0.15) is 0 Å². The second-order valence-electron chi connectivity index (χ2n) is 6.29.